The first-order valence-electron chi connectivity index (χ1n) is 6.45. The standard InChI is InChI=1S/C14H21BrN2O/c1-17-7-5-11(6-8-17)10-16-13-9-12(15)3-4-14(13)18-2/h3-4,9,11,16H,5-8,10H2,1-2H3. The molecule has 1 aromatic rings. The zero-order chi connectivity index (χ0) is 13.0. The van der Waals surface area contributed by atoms with Crippen LogP contribution in [0.2, 0.25) is 0 Å². The van der Waals surface area contributed by atoms with E-state index in [0.717, 1.165) is 28.4 Å². The Labute approximate surface area is 118 Å². The highest BCUT2D eigenvalue weighted by atomic mass is 79.9. The molecule has 1 N–H and O–H groups in total. The van der Waals surface area contributed by atoms with Gasteiger partial charge in [-0.2, -0.15) is 0 Å². The number of ether oxygens (including phenoxy) is 1. The first kappa shape index (κ1) is 13.7. The fraction of sp³-hybridized carbons (Fsp3) is 0.571. The van der Waals surface area contributed by atoms with E-state index >= 15 is 0 Å². The molecule has 0 aliphatic carbocycles. The van der Waals surface area contributed by atoms with E-state index in [1.165, 1.54) is 25.9 Å². The number of hydrogen-bond acceptors (Lipinski definition) is 3. The summed E-state index contributed by atoms with van der Waals surface area (Å²) in [7, 11) is 3.91. The number of hydrogen-bond donors (Lipinski definition) is 1. The van der Waals surface area contributed by atoms with Crippen LogP contribution in [0.1, 0.15) is 12.8 Å². The van der Waals surface area contributed by atoms with E-state index in [-0.39, 0.29) is 0 Å². The Morgan fingerprint density at radius 3 is 2.78 bits per heavy atom. The molecule has 18 heavy (non-hydrogen) atoms. The maximum Gasteiger partial charge on any atom is 0.142 e. The Kier molecular flexibility index (Phi) is 4.89. The molecule has 0 atom stereocenters. The van der Waals surface area contributed by atoms with Crippen molar-refractivity contribution in [2.24, 2.45) is 5.92 Å². The third-order valence-electron chi connectivity index (χ3n) is 3.58. The van der Waals surface area contributed by atoms with E-state index in [4.69, 9.17) is 4.74 Å². The molecule has 0 aromatic heterocycles. The predicted octanol–water partition coefficient (Wildman–Crippen LogP) is 3.21. The fourth-order valence-corrected chi connectivity index (χ4v) is 2.70. The van der Waals surface area contributed by atoms with Gasteiger partial charge in [0.2, 0.25) is 0 Å². The smallest absolute Gasteiger partial charge is 0.142 e. The molecule has 1 fully saturated rings. The number of anilines is 1. The van der Waals surface area contributed by atoms with E-state index in [1.54, 1.807) is 7.11 Å². The topological polar surface area (TPSA) is 24.5 Å². The van der Waals surface area contributed by atoms with Crippen LogP contribution < -0.4 is 10.1 Å². The van der Waals surface area contributed by atoms with Gasteiger partial charge in [-0.1, -0.05) is 15.9 Å². The number of rotatable bonds is 4. The van der Waals surface area contributed by atoms with Gasteiger partial charge in [0, 0.05) is 11.0 Å². The zero-order valence-corrected chi connectivity index (χ0v) is 12.7. The summed E-state index contributed by atoms with van der Waals surface area (Å²) in [6.45, 7) is 3.45. The second kappa shape index (κ2) is 6.43. The largest absolute Gasteiger partial charge is 0.495 e. The molecule has 1 heterocycles. The maximum absolute atomic E-state index is 5.37. The normalized spacial score (nSPS) is 17.7. The maximum atomic E-state index is 5.37. The van der Waals surface area contributed by atoms with Crippen LogP contribution >= 0.6 is 15.9 Å². The Bertz CT molecular complexity index is 389. The van der Waals surface area contributed by atoms with Crippen molar-refractivity contribution >= 4 is 21.6 Å². The molecular weight excluding hydrogens is 292 g/mol. The third-order valence-corrected chi connectivity index (χ3v) is 4.07. The van der Waals surface area contributed by atoms with Crippen LogP contribution in [0.25, 0.3) is 0 Å². The number of likely N-dealkylation sites (tertiary alicyclic amines) is 1. The summed E-state index contributed by atoms with van der Waals surface area (Å²) in [5.41, 5.74) is 1.07. The quantitative estimate of drug-likeness (QED) is 0.924. The van der Waals surface area contributed by atoms with Crippen LogP contribution in [0.3, 0.4) is 0 Å². The molecular formula is C14H21BrN2O. The Hall–Kier alpha value is -0.740. The van der Waals surface area contributed by atoms with Crippen molar-refractivity contribution in [1.82, 2.24) is 4.90 Å². The Morgan fingerprint density at radius 1 is 1.39 bits per heavy atom. The summed E-state index contributed by atoms with van der Waals surface area (Å²) in [4.78, 5) is 2.40. The summed E-state index contributed by atoms with van der Waals surface area (Å²) >= 11 is 3.50. The fourth-order valence-electron chi connectivity index (χ4n) is 2.34. The molecule has 0 saturated carbocycles. The minimum atomic E-state index is 0.768. The minimum absolute atomic E-state index is 0.768. The van der Waals surface area contributed by atoms with Crippen LogP contribution in [-0.4, -0.2) is 38.7 Å². The van der Waals surface area contributed by atoms with Crippen molar-refractivity contribution in [1.29, 1.82) is 0 Å². The SMILES string of the molecule is COc1ccc(Br)cc1NCC1CCN(C)CC1. The van der Waals surface area contributed by atoms with E-state index in [9.17, 15) is 0 Å². The predicted molar refractivity (Wildman–Crippen MR) is 79.4 cm³/mol. The van der Waals surface area contributed by atoms with Gasteiger partial charge in [0.15, 0.2) is 0 Å². The van der Waals surface area contributed by atoms with Crippen LogP contribution in [0, 0.1) is 5.92 Å². The lowest BCUT2D eigenvalue weighted by atomic mass is 9.97. The van der Waals surface area contributed by atoms with Crippen molar-refractivity contribution in [2.75, 3.05) is 39.1 Å². The molecule has 0 radical (unpaired) electrons. The van der Waals surface area contributed by atoms with Crippen molar-refractivity contribution in [2.45, 2.75) is 12.8 Å². The van der Waals surface area contributed by atoms with E-state index in [2.05, 4.69) is 39.3 Å². The van der Waals surface area contributed by atoms with Gasteiger partial charge in [0.05, 0.1) is 12.8 Å². The lowest BCUT2D eigenvalue weighted by Gasteiger charge is -2.29. The van der Waals surface area contributed by atoms with Crippen molar-refractivity contribution in [3.63, 3.8) is 0 Å². The van der Waals surface area contributed by atoms with Crippen LogP contribution in [0.4, 0.5) is 5.69 Å². The molecule has 3 nitrogen and oxygen atoms in total. The molecule has 1 aromatic carbocycles. The number of nitrogens with zero attached hydrogens (tertiary/aromatic N) is 1. The molecule has 4 heteroatoms. The summed E-state index contributed by atoms with van der Waals surface area (Å²) in [5.74, 6) is 1.68. The lowest BCUT2D eigenvalue weighted by Crippen LogP contribution is -2.32. The van der Waals surface area contributed by atoms with Crippen molar-refractivity contribution in [3.8, 4) is 5.75 Å². The molecule has 1 saturated heterocycles. The molecule has 100 valence electrons. The molecule has 0 spiro atoms. The molecule has 0 unspecified atom stereocenters. The highest BCUT2D eigenvalue weighted by Gasteiger charge is 2.16. The Balaban J connectivity index is 1.91. The number of benzene rings is 1. The number of piperidine rings is 1. The number of halogens is 1. The van der Waals surface area contributed by atoms with Gasteiger partial charge in [-0.05, 0) is 57.1 Å². The highest BCUT2D eigenvalue weighted by molar-refractivity contribution is 9.10. The molecule has 1 aliphatic heterocycles. The molecule has 0 bridgehead atoms. The van der Waals surface area contributed by atoms with E-state index < -0.39 is 0 Å². The van der Waals surface area contributed by atoms with Gasteiger partial charge in [-0.3, -0.25) is 0 Å². The Morgan fingerprint density at radius 2 is 2.11 bits per heavy atom. The van der Waals surface area contributed by atoms with E-state index in [1.807, 2.05) is 12.1 Å². The third kappa shape index (κ3) is 3.62. The first-order valence-corrected chi connectivity index (χ1v) is 7.24. The summed E-state index contributed by atoms with van der Waals surface area (Å²) < 4.78 is 6.44. The van der Waals surface area contributed by atoms with Gasteiger partial charge < -0.3 is 15.0 Å². The monoisotopic (exact) mass is 312 g/mol. The van der Waals surface area contributed by atoms with Crippen LogP contribution in [0.15, 0.2) is 22.7 Å². The summed E-state index contributed by atoms with van der Waals surface area (Å²) in [5, 5.41) is 3.52. The van der Waals surface area contributed by atoms with Crippen LogP contribution in [0.5, 0.6) is 5.75 Å². The molecule has 2 rings (SSSR count). The lowest BCUT2D eigenvalue weighted by molar-refractivity contribution is 0.226. The average molecular weight is 313 g/mol. The number of nitrogens with one attached hydrogen (secondary N) is 1. The molecule has 1 aliphatic rings. The van der Waals surface area contributed by atoms with Gasteiger partial charge in [-0.15, -0.1) is 0 Å². The minimum Gasteiger partial charge on any atom is -0.495 e. The van der Waals surface area contributed by atoms with Crippen molar-refractivity contribution < 1.29 is 4.74 Å². The second-order valence-corrected chi connectivity index (χ2v) is 5.89. The van der Waals surface area contributed by atoms with Gasteiger partial charge in [-0.25, -0.2) is 0 Å². The highest BCUT2D eigenvalue weighted by Crippen LogP contribution is 2.28. The van der Waals surface area contributed by atoms with Crippen molar-refractivity contribution in [3.05, 3.63) is 22.7 Å². The summed E-state index contributed by atoms with van der Waals surface area (Å²) in [6, 6.07) is 6.06. The number of methoxy groups -OCH3 is 1. The average Bonchev–Trinajstić information content (AvgIpc) is 2.38. The molecule has 0 amide bonds. The van der Waals surface area contributed by atoms with Crippen LogP contribution in [-0.2, 0) is 0 Å². The van der Waals surface area contributed by atoms with Gasteiger partial charge >= 0.3 is 0 Å². The zero-order valence-electron chi connectivity index (χ0n) is 11.1. The first-order chi connectivity index (χ1) is 8.69. The van der Waals surface area contributed by atoms with E-state index in [0.29, 0.717) is 0 Å². The van der Waals surface area contributed by atoms with Gasteiger partial charge in [0.1, 0.15) is 5.75 Å². The van der Waals surface area contributed by atoms with Gasteiger partial charge in [0.25, 0.3) is 0 Å². The summed E-state index contributed by atoms with van der Waals surface area (Å²) in [6.07, 6.45) is 2.56. The second-order valence-electron chi connectivity index (χ2n) is 4.97.